The van der Waals surface area contributed by atoms with Crippen LogP contribution in [0.1, 0.15) is 16.1 Å². The molecule has 0 unspecified atom stereocenters. The molecule has 4 aromatic rings. The Balaban J connectivity index is 1.57. The van der Waals surface area contributed by atoms with Gasteiger partial charge >= 0.3 is 0 Å². The first-order chi connectivity index (χ1) is 12.7. The molecule has 26 heavy (non-hydrogen) atoms. The molecular weight excluding hydrogens is 330 g/mol. The quantitative estimate of drug-likeness (QED) is 0.517. The number of ether oxygens (including phenoxy) is 1. The van der Waals surface area contributed by atoms with Gasteiger partial charge in [0.2, 0.25) is 0 Å². The van der Waals surface area contributed by atoms with Gasteiger partial charge in [0.1, 0.15) is 5.75 Å². The third kappa shape index (κ3) is 3.02. The SMILES string of the molecule is COc1cccc(CNC(=O)c2n[nH]c3ccc(-c4cn[nH]c4)cc23)c1. The number of rotatable bonds is 5. The third-order valence-electron chi connectivity index (χ3n) is 4.20. The van der Waals surface area contributed by atoms with Crippen LogP contribution in [0.5, 0.6) is 5.75 Å². The van der Waals surface area contributed by atoms with Crippen LogP contribution in [0.4, 0.5) is 0 Å². The van der Waals surface area contributed by atoms with Crippen molar-refractivity contribution in [1.29, 1.82) is 0 Å². The molecule has 0 aliphatic carbocycles. The molecular formula is C19H17N5O2. The average Bonchev–Trinajstić information content (AvgIpc) is 3.35. The molecule has 0 aliphatic rings. The van der Waals surface area contributed by atoms with E-state index in [4.69, 9.17) is 4.74 Å². The van der Waals surface area contributed by atoms with Crippen LogP contribution in [0.25, 0.3) is 22.0 Å². The molecule has 2 aromatic carbocycles. The number of carbonyl (C=O) groups excluding carboxylic acids is 1. The second-order valence-corrected chi connectivity index (χ2v) is 5.85. The molecule has 1 amide bonds. The zero-order valence-electron chi connectivity index (χ0n) is 14.1. The highest BCUT2D eigenvalue weighted by molar-refractivity contribution is 6.05. The van der Waals surface area contributed by atoms with Gasteiger partial charge in [0.15, 0.2) is 5.69 Å². The third-order valence-corrected chi connectivity index (χ3v) is 4.20. The fourth-order valence-electron chi connectivity index (χ4n) is 2.82. The fourth-order valence-corrected chi connectivity index (χ4v) is 2.82. The minimum Gasteiger partial charge on any atom is -0.497 e. The van der Waals surface area contributed by atoms with E-state index in [0.29, 0.717) is 12.2 Å². The van der Waals surface area contributed by atoms with Crippen molar-refractivity contribution in [3.8, 4) is 16.9 Å². The number of carbonyl (C=O) groups is 1. The Kier molecular flexibility index (Phi) is 4.10. The normalized spacial score (nSPS) is 10.8. The molecule has 2 heterocycles. The van der Waals surface area contributed by atoms with Crippen molar-refractivity contribution in [2.45, 2.75) is 6.54 Å². The summed E-state index contributed by atoms with van der Waals surface area (Å²) in [5.74, 6) is 0.523. The molecule has 0 spiro atoms. The molecule has 2 aromatic heterocycles. The second kappa shape index (κ2) is 6.72. The van der Waals surface area contributed by atoms with Crippen LogP contribution in [0.3, 0.4) is 0 Å². The van der Waals surface area contributed by atoms with E-state index in [2.05, 4.69) is 25.7 Å². The van der Waals surface area contributed by atoms with Gasteiger partial charge in [-0.2, -0.15) is 10.2 Å². The van der Waals surface area contributed by atoms with Gasteiger partial charge in [0, 0.05) is 23.7 Å². The van der Waals surface area contributed by atoms with Crippen molar-refractivity contribution in [2.75, 3.05) is 7.11 Å². The Morgan fingerprint density at radius 3 is 2.92 bits per heavy atom. The van der Waals surface area contributed by atoms with Crippen molar-refractivity contribution in [2.24, 2.45) is 0 Å². The minimum atomic E-state index is -0.233. The summed E-state index contributed by atoms with van der Waals surface area (Å²) in [5.41, 5.74) is 4.05. The smallest absolute Gasteiger partial charge is 0.272 e. The van der Waals surface area contributed by atoms with Gasteiger partial charge in [-0.25, -0.2) is 0 Å². The second-order valence-electron chi connectivity index (χ2n) is 5.85. The van der Waals surface area contributed by atoms with Crippen molar-refractivity contribution in [1.82, 2.24) is 25.7 Å². The highest BCUT2D eigenvalue weighted by atomic mass is 16.5. The van der Waals surface area contributed by atoms with E-state index in [9.17, 15) is 4.79 Å². The van der Waals surface area contributed by atoms with Gasteiger partial charge in [-0.1, -0.05) is 18.2 Å². The molecule has 0 radical (unpaired) electrons. The Bertz CT molecular complexity index is 1050. The number of aromatic nitrogens is 4. The number of nitrogens with one attached hydrogen (secondary N) is 3. The number of fused-ring (bicyclic) bond motifs is 1. The highest BCUT2D eigenvalue weighted by Crippen LogP contribution is 2.24. The summed E-state index contributed by atoms with van der Waals surface area (Å²) in [6.45, 7) is 0.395. The van der Waals surface area contributed by atoms with Crippen LogP contribution < -0.4 is 10.1 Å². The lowest BCUT2D eigenvalue weighted by atomic mass is 10.1. The predicted molar refractivity (Wildman–Crippen MR) is 97.8 cm³/mol. The average molecular weight is 347 g/mol. The zero-order valence-corrected chi connectivity index (χ0v) is 14.1. The molecule has 0 fully saturated rings. The summed E-state index contributed by atoms with van der Waals surface area (Å²) in [6.07, 6.45) is 3.55. The van der Waals surface area contributed by atoms with Gasteiger partial charge in [0.05, 0.1) is 18.8 Å². The molecule has 0 saturated carbocycles. The van der Waals surface area contributed by atoms with E-state index >= 15 is 0 Å². The van der Waals surface area contributed by atoms with Gasteiger partial charge in [-0.05, 0) is 35.4 Å². The van der Waals surface area contributed by atoms with Gasteiger partial charge in [0.25, 0.3) is 5.91 Å². The molecule has 0 saturated heterocycles. The van der Waals surface area contributed by atoms with Gasteiger partial charge in [-0.3, -0.25) is 15.0 Å². The topological polar surface area (TPSA) is 95.7 Å². The van der Waals surface area contributed by atoms with Crippen LogP contribution in [0.2, 0.25) is 0 Å². The van der Waals surface area contributed by atoms with Gasteiger partial charge < -0.3 is 10.1 Å². The van der Waals surface area contributed by atoms with E-state index in [1.165, 1.54) is 0 Å². The number of aromatic amines is 2. The summed E-state index contributed by atoms with van der Waals surface area (Å²) in [5, 5.41) is 17.5. The van der Waals surface area contributed by atoms with Crippen LogP contribution in [-0.4, -0.2) is 33.4 Å². The number of hydrogen-bond acceptors (Lipinski definition) is 4. The first-order valence-corrected chi connectivity index (χ1v) is 8.13. The Labute approximate surface area is 149 Å². The van der Waals surface area contributed by atoms with Gasteiger partial charge in [-0.15, -0.1) is 0 Å². The maximum atomic E-state index is 12.6. The van der Waals surface area contributed by atoms with Crippen LogP contribution in [0, 0.1) is 0 Å². The maximum absolute atomic E-state index is 12.6. The van der Waals surface area contributed by atoms with Crippen molar-refractivity contribution in [3.05, 3.63) is 66.1 Å². The lowest BCUT2D eigenvalue weighted by Gasteiger charge is -2.06. The van der Waals surface area contributed by atoms with Crippen LogP contribution in [0.15, 0.2) is 54.9 Å². The number of amides is 1. The summed E-state index contributed by atoms with van der Waals surface area (Å²) >= 11 is 0. The van der Waals surface area contributed by atoms with Crippen molar-refractivity contribution >= 4 is 16.8 Å². The lowest BCUT2D eigenvalue weighted by molar-refractivity contribution is 0.0947. The molecule has 0 bridgehead atoms. The van der Waals surface area contributed by atoms with Crippen molar-refractivity contribution in [3.63, 3.8) is 0 Å². The first kappa shape index (κ1) is 15.9. The molecule has 7 nitrogen and oxygen atoms in total. The van der Waals surface area contributed by atoms with E-state index in [-0.39, 0.29) is 5.91 Å². The number of H-pyrrole nitrogens is 2. The summed E-state index contributed by atoms with van der Waals surface area (Å²) in [6, 6.07) is 13.4. The highest BCUT2D eigenvalue weighted by Gasteiger charge is 2.15. The van der Waals surface area contributed by atoms with E-state index < -0.39 is 0 Å². The number of methoxy groups -OCH3 is 1. The summed E-state index contributed by atoms with van der Waals surface area (Å²) in [7, 11) is 1.62. The molecule has 3 N–H and O–H groups in total. The number of nitrogens with zero attached hydrogens (tertiary/aromatic N) is 2. The standard InChI is InChI=1S/C19H17N5O2/c1-26-15-4-2-3-12(7-15)9-20-19(25)18-16-8-13(14-10-21-22-11-14)5-6-17(16)23-24-18/h2-8,10-11H,9H2,1H3,(H,20,25)(H,21,22)(H,23,24). The summed E-state index contributed by atoms with van der Waals surface area (Å²) in [4.78, 5) is 12.6. The zero-order chi connectivity index (χ0) is 17.9. The molecule has 4 rings (SSSR count). The van der Waals surface area contributed by atoms with E-state index in [0.717, 1.165) is 33.3 Å². The predicted octanol–water partition coefficient (Wildman–Crippen LogP) is 2.89. The Hall–Kier alpha value is -3.61. The first-order valence-electron chi connectivity index (χ1n) is 8.13. The molecule has 130 valence electrons. The van der Waals surface area contributed by atoms with E-state index in [1.807, 2.05) is 48.7 Å². The maximum Gasteiger partial charge on any atom is 0.272 e. The van der Waals surface area contributed by atoms with E-state index in [1.54, 1.807) is 13.3 Å². The lowest BCUT2D eigenvalue weighted by Crippen LogP contribution is -2.23. The molecule has 0 atom stereocenters. The molecule has 0 aliphatic heterocycles. The number of benzene rings is 2. The fraction of sp³-hybridized carbons (Fsp3) is 0.105. The summed E-state index contributed by atoms with van der Waals surface area (Å²) < 4.78 is 5.20. The molecule has 7 heteroatoms. The van der Waals surface area contributed by atoms with Crippen LogP contribution in [-0.2, 0) is 6.54 Å². The number of hydrogen-bond donors (Lipinski definition) is 3. The largest absolute Gasteiger partial charge is 0.497 e. The minimum absolute atomic E-state index is 0.233. The van der Waals surface area contributed by atoms with Crippen LogP contribution >= 0.6 is 0 Å². The Morgan fingerprint density at radius 1 is 1.19 bits per heavy atom. The monoisotopic (exact) mass is 347 g/mol. The van der Waals surface area contributed by atoms with Crippen molar-refractivity contribution < 1.29 is 9.53 Å². The Morgan fingerprint density at radius 2 is 2.12 bits per heavy atom.